The molecular weight excluding hydrogens is 262 g/mol. The summed E-state index contributed by atoms with van der Waals surface area (Å²) in [6.07, 6.45) is 1.66. The quantitative estimate of drug-likeness (QED) is 0.886. The molecule has 2 rings (SSSR count). The molecule has 2 aromatic rings. The van der Waals surface area contributed by atoms with Gasteiger partial charge in [0.1, 0.15) is 5.82 Å². The summed E-state index contributed by atoms with van der Waals surface area (Å²) in [4.78, 5) is 16.3. The second-order valence-corrected chi connectivity index (χ2v) is 5.23. The van der Waals surface area contributed by atoms with E-state index >= 15 is 0 Å². The van der Waals surface area contributed by atoms with Gasteiger partial charge in [-0.2, -0.15) is 0 Å². The van der Waals surface area contributed by atoms with Crippen LogP contribution in [0.5, 0.6) is 0 Å². The fourth-order valence-corrected chi connectivity index (χ4v) is 2.09. The maximum Gasteiger partial charge on any atom is 0.255 e. The van der Waals surface area contributed by atoms with E-state index in [-0.39, 0.29) is 5.91 Å². The lowest BCUT2D eigenvalue weighted by Gasteiger charge is -2.10. The van der Waals surface area contributed by atoms with E-state index in [2.05, 4.69) is 53.7 Å². The molecule has 0 saturated carbocycles. The Bertz CT molecular complexity index is 606. The molecule has 0 spiro atoms. The molecule has 0 radical (unpaired) electrons. The topological polar surface area (TPSA) is 54.0 Å². The summed E-state index contributed by atoms with van der Waals surface area (Å²) < 4.78 is 0. The molecule has 110 valence electrons. The summed E-state index contributed by atoms with van der Waals surface area (Å²) in [6.45, 7) is 4.84. The molecule has 0 saturated heterocycles. The first kappa shape index (κ1) is 15.0. The van der Waals surface area contributed by atoms with Gasteiger partial charge in [0.15, 0.2) is 0 Å². The highest BCUT2D eigenvalue weighted by Gasteiger charge is 2.10. The Morgan fingerprint density at radius 3 is 2.52 bits per heavy atom. The van der Waals surface area contributed by atoms with Crippen LogP contribution < -0.4 is 10.6 Å². The number of nitrogens with one attached hydrogen (secondary N) is 2. The number of aromatic nitrogens is 1. The van der Waals surface area contributed by atoms with Gasteiger partial charge in [0, 0.05) is 19.8 Å². The molecular formula is C17H21N3O. The van der Waals surface area contributed by atoms with Gasteiger partial charge in [-0.15, -0.1) is 0 Å². The molecule has 1 aromatic heterocycles. The summed E-state index contributed by atoms with van der Waals surface area (Å²) in [5, 5.41) is 5.84. The van der Waals surface area contributed by atoms with Gasteiger partial charge in [0.2, 0.25) is 0 Å². The lowest BCUT2D eigenvalue weighted by atomic mass is 10.0. The molecule has 0 atom stereocenters. The van der Waals surface area contributed by atoms with Crippen molar-refractivity contribution in [3.8, 4) is 0 Å². The van der Waals surface area contributed by atoms with Crippen LogP contribution in [0.4, 0.5) is 5.82 Å². The highest BCUT2D eigenvalue weighted by Crippen LogP contribution is 2.15. The lowest BCUT2D eigenvalue weighted by Crippen LogP contribution is -2.24. The second-order valence-electron chi connectivity index (χ2n) is 5.23. The largest absolute Gasteiger partial charge is 0.372 e. The van der Waals surface area contributed by atoms with E-state index in [9.17, 15) is 4.79 Å². The van der Waals surface area contributed by atoms with Gasteiger partial charge in [-0.25, -0.2) is 4.98 Å². The Labute approximate surface area is 125 Å². The number of carbonyl (C=O) groups is 1. The Balaban J connectivity index is 2.00. The number of anilines is 1. The van der Waals surface area contributed by atoms with Crippen molar-refractivity contribution in [2.45, 2.75) is 26.3 Å². The molecule has 4 heteroatoms. The van der Waals surface area contributed by atoms with Crippen molar-refractivity contribution in [3.05, 3.63) is 59.3 Å². The van der Waals surface area contributed by atoms with Crippen molar-refractivity contribution in [2.24, 2.45) is 0 Å². The first-order valence-corrected chi connectivity index (χ1v) is 7.11. The minimum Gasteiger partial charge on any atom is -0.372 e. The van der Waals surface area contributed by atoms with Gasteiger partial charge in [-0.3, -0.25) is 4.79 Å². The molecule has 1 amide bonds. The normalized spacial score (nSPS) is 10.5. The maximum atomic E-state index is 12.2. The SMILES string of the molecule is CNc1ncccc1C(=O)NCc1ccc(C(C)C)cc1. The minimum absolute atomic E-state index is 0.125. The second kappa shape index (κ2) is 6.88. The van der Waals surface area contributed by atoms with Crippen LogP contribution >= 0.6 is 0 Å². The standard InChI is InChI=1S/C17H21N3O/c1-12(2)14-8-6-13(7-9-14)11-20-17(21)15-5-4-10-19-16(15)18-3/h4-10,12H,11H2,1-3H3,(H,18,19)(H,20,21). The highest BCUT2D eigenvalue weighted by atomic mass is 16.1. The highest BCUT2D eigenvalue weighted by molar-refractivity contribution is 5.98. The van der Waals surface area contributed by atoms with Crippen molar-refractivity contribution < 1.29 is 4.79 Å². The van der Waals surface area contributed by atoms with Gasteiger partial charge in [0.25, 0.3) is 5.91 Å². The number of rotatable bonds is 5. The number of carbonyl (C=O) groups excluding carboxylic acids is 1. The Morgan fingerprint density at radius 1 is 1.19 bits per heavy atom. The van der Waals surface area contributed by atoms with E-state index in [1.807, 2.05) is 0 Å². The summed E-state index contributed by atoms with van der Waals surface area (Å²) >= 11 is 0. The maximum absolute atomic E-state index is 12.2. The van der Waals surface area contributed by atoms with Crippen LogP contribution in [0.3, 0.4) is 0 Å². The third kappa shape index (κ3) is 3.81. The number of hydrogen-bond acceptors (Lipinski definition) is 3. The first-order valence-electron chi connectivity index (χ1n) is 7.11. The van der Waals surface area contributed by atoms with Crippen LogP contribution in [0.2, 0.25) is 0 Å². The third-order valence-electron chi connectivity index (χ3n) is 3.39. The number of amides is 1. The summed E-state index contributed by atoms with van der Waals surface area (Å²) in [5.74, 6) is 0.979. The molecule has 0 fully saturated rings. The zero-order chi connectivity index (χ0) is 15.2. The van der Waals surface area contributed by atoms with E-state index in [0.29, 0.717) is 23.8 Å². The fourth-order valence-electron chi connectivity index (χ4n) is 2.09. The van der Waals surface area contributed by atoms with Gasteiger partial charge in [0.05, 0.1) is 5.56 Å². The molecule has 0 aliphatic rings. The molecule has 21 heavy (non-hydrogen) atoms. The van der Waals surface area contributed by atoms with E-state index in [0.717, 1.165) is 5.56 Å². The van der Waals surface area contributed by atoms with E-state index < -0.39 is 0 Å². The number of hydrogen-bond donors (Lipinski definition) is 2. The molecule has 1 heterocycles. The fraction of sp³-hybridized carbons (Fsp3) is 0.294. The van der Waals surface area contributed by atoms with E-state index in [1.165, 1.54) is 5.56 Å². The summed E-state index contributed by atoms with van der Waals surface area (Å²) in [6, 6.07) is 11.8. The zero-order valence-corrected chi connectivity index (χ0v) is 12.7. The van der Waals surface area contributed by atoms with Gasteiger partial charge >= 0.3 is 0 Å². The predicted octanol–water partition coefficient (Wildman–Crippen LogP) is 3.18. The average molecular weight is 283 g/mol. The number of nitrogens with zero attached hydrogens (tertiary/aromatic N) is 1. The summed E-state index contributed by atoms with van der Waals surface area (Å²) in [7, 11) is 1.75. The molecule has 0 bridgehead atoms. The van der Waals surface area contributed by atoms with Crippen LogP contribution in [0, 0.1) is 0 Å². The Hall–Kier alpha value is -2.36. The van der Waals surface area contributed by atoms with Crippen LogP contribution in [0.25, 0.3) is 0 Å². The first-order chi connectivity index (χ1) is 10.1. The van der Waals surface area contributed by atoms with Crippen molar-refractivity contribution in [1.29, 1.82) is 0 Å². The van der Waals surface area contributed by atoms with Crippen LogP contribution in [-0.2, 0) is 6.54 Å². The van der Waals surface area contributed by atoms with Gasteiger partial charge in [-0.05, 0) is 29.2 Å². The average Bonchev–Trinajstić information content (AvgIpc) is 2.52. The predicted molar refractivity (Wildman–Crippen MR) is 85.5 cm³/mol. The minimum atomic E-state index is -0.125. The van der Waals surface area contributed by atoms with Crippen molar-refractivity contribution in [2.75, 3.05) is 12.4 Å². The Kier molecular flexibility index (Phi) is 4.93. The van der Waals surface area contributed by atoms with Crippen LogP contribution in [0.1, 0.15) is 41.3 Å². The van der Waals surface area contributed by atoms with Crippen LogP contribution in [-0.4, -0.2) is 17.9 Å². The Morgan fingerprint density at radius 2 is 1.90 bits per heavy atom. The van der Waals surface area contributed by atoms with Crippen molar-refractivity contribution in [3.63, 3.8) is 0 Å². The molecule has 1 aromatic carbocycles. The monoisotopic (exact) mass is 283 g/mol. The third-order valence-corrected chi connectivity index (χ3v) is 3.39. The van der Waals surface area contributed by atoms with Crippen molar-refractivity contribution >= 4 is 11.7 Å². The molecule has 2 N–H and O–H groups in total. The molecule has 4 nitrogen and oxygen atoms in total. The molecule has 0 aliphatic heterocycles. The smallest absolute Gasteiger partial charge is 0.255 e. The lowest BCUT2D eigenvalue weighted by molar-refractivity contribution is 0.0951. The number of benzene rings is 1. The van der Waals surface area contributed by atoms with E-state index in [1.54, 1.807) is 25.4 Å². The van der Waals surface area contributed by atoms with Gasteiger partial charge < -0.3 is 10.6 Å². The summed E-state index contributed by atoms with van der Waals surface area (Å²) in [5.41, 5.74) is 2.94. The molecule has 0 unspecified atom stereocenters. The number of pyridine rings is 1. The van der Waals surface area contributed by atoms with E-state index in [4.69, 9.17) is 0 Å². The van der Waals surface area contributed by atoms with Crippen molar-refractivity contribution in [1.82, 2.24) is 10.3 Å². The van der Waals surface area contributed by atoms with Gasteiger partial charge in [-0.1, -0.05) is 38.1 Å². The zero-order valence-electron chi connectivity index (χ0n) is 12.7. The van der Waals surface area contributed by atoms with Crippen LogP contribution in [0.15, 0.2) is 42.6 Å². The molecule has 0 aliphatic carbocycles.